The van der Waals surface area contributed by atoms with Gasteiger partial charge in [-0.25, -0.2) is 0 Å². The Morgan fingerprint density at radius 2 is 2.10 bits per heavy atom. The molecule has 1 atom stereocenters. The Balaban J connectivity index is 1.60. The van der Waals surface area contributed by atoms with Crippen LogP contribution in [0, 0.1) is 0 Å². The van der Waals surface area contributed by atoms with Gasteiger partial charge in [0.2, 0.25) is 0 Å². The number of aryl methyl sites for hydroxylation is 1. The lowest BCUT2D eigenvalue weighted by Crippen LogP contribution is -1.94. The molecule has 0 bridgehead atoms. The van der Waals surface area contributed by atoms with Gasteiger partial charge in [0.1, 0.15) is 0 Å². The molecular weight excluding hydrogens is 268 g/mol. The van der Waals surface area contributed by atoms with E-state index >= 15 is 0 Å². The van der Waals surface area contributed by atoms with Gasteiger partial charge < -0.3 is 4.52 Å². The molecule has 0 aliphatic rings. The van der Waals surface area contributed by atoms with Crippen LogP contribution >= 0.6 is 11.8 Å². The van der Waals surface area contributed by atoms with E-state index < -0.39 is 0 Å². The molecule has 0 fully saturated rings. The van der Waals surface area contributed by atoms with E-state index in [1.165, 1.54) is 5.56 Å². The highest BCUT2D eigenvalue weighted by Gasteiger charge is 2.09. The number of aromatic nitrogens is 2. The van der Waals surface area contributed by atoms with E-state index in [-0.39, 0.29) is 0 Å². The molecule has 3 rings (SSSR count). The quantitative estimate of drug-likeness (QED) is 0.701. The van der Waals surface area contributed by atoms with E-state index in [2.05, 4.69) is 29.2 Å². The van der Waals surface area contributed by atoms with Crippen LogP contribution in [0.5, 0.6) is 0 Å². The van der Waals surface area contributed by atoms with Crippen molar-refractivity contribution in [3.8, 4) is 0 Å². The summed E-state index contributed by atoms with van der Waals surface area (Å²) >= 11 is 1.91. The molecule has 1 aromatic carbocycles. The van der Waals surface area contributed by atoms with Gasteiger partial charge in [-0.1, -0.05) is 23.4 Å². The molecule has 102 valence electrons. The first-order valence-corrected chi connectivity index (χ1v) is 7.74. The molecule has 4 heteroatoms. The number of hydrogen-bond donors (Lipinski definition) is 0. The first-order chi connectivity index (χ1) is 9.84. The van der Waals surface area contributed by atoms with Crippen LogP contribution in [0.1, 0.15) is 23.4 Å². The van der Waals surface area contributed by atoms with Gasteiger partial charge in [0, 0.05) is 29.5 Å². The van der Waals surface area contributed by atoms with E-state index in [4.69, 9.17) is 4.52 Å². The van der Waals surface area contributed by atoms with E-state index in [0.717, 1.165) is 28.8 Å². The van der Waals surface area contributed by atoms with Gasteiger partial charge in [0.05, 0.1) is 5.69 Å². The fraction of sp³-hybridized carbons (Fsp3) is 0.250. The van der Waals surface area contributed by atoms with Crippen molar-refractivity contribution < 1.29 is 4.52 Å². The predicted molar refractivity (Wildman–Crippen MR) is 82.8 cm³/mol. The smallest absolute Gasteiger partial charge is 0.167 e. The lowest BCUT2D eigenvalue weighted by molar-refractivity contribution is 0.447. The van der Waals surface area contributed by atoms with E-state index in [0.29, 0.717) is 5.25 Å². The van der Waals surface area contributed by atoms with Crippen molar-refractivity contribution in [3.05, 3.63) is 60.0 Å². The first kappa shape index (κ1) is 13.2. The van der Waals surface area contributed by atoms with Crippen LogP contribution in [-0.4, -0.2) is 15.9 Å². The lowest BCUT2D eigenvalue weighted by atomic mass is 10.2. The molecule has 0 radical (unpaired) electrons. The van der Waals surface area contributed by atoms with Gasteiger partial charge in [-0.3, -0.25) is 4.98 Å². The third-order valence-corrected chi connectivity index (χ3v) is 4.52. The summed E-state index contributed by atoms with van der Waals surface area (Å²) in [6.07, 6.45) is 4.66. The minimum Gasteiger partial charge on any atom is -0.356 e. The average molecular weight is 284 g/mol. The summed E-state index contributed by atoms with van der Waals surface area (Å²) < 4.78 is 5.32. The van der Waals surface area contributed by atoms with Crippen molar-refractivity contribution in [3.63, 3.8) is 0 Å². The summed E-state index contributed by atoms with van der Waals surface area (Å²) in [6.45, 7) is 2.21. The Morgan fingerprint density at radius 3 is 2.95 bits per heavy atom. The third-order valence-electron chi connectivity index (χ3n) is 3.31. The Kier molecular flexibility index (Phi) is 4.02. The molecule has 0 aliphatic carbocycles. The summed E-state index contributed by atoms with van der Waals surface area (Å²) in [5, 5.41) is 5.74. The third kappa shape index (κ3) is 2.85. The second kappa shape index (κ2) is 6.09. The van der Waals surface area contributed by atoms with Gasteiger partial charge >= 0.3 is 0 Å². The van der Waals surface area contributed by atoms with Gasteiger partial charge in [-0.2, -0.15) is 11.8 Å². The highest BCUT2D eigenvalue weighted by molar-refractivity contribution is 7.99. The number of nitrogens with zero attached hydrogens (tertiary/aromatic N) is 2. The van der Waals surface area contributed by atoms with Gasteiger partial charge in [-0.05, 0) is 36.4 Å². The van der Waals surface area contributed by atoms with Crippen molar-refractivity contribution >= 4 is 22.7 Å². The molecule has 2 heterocycles. The van der Waals surface area contributed by atoms with Crippen LogP contribution in [0.2, 0.25) is 0 Å². The summed E-state index contributed by atoms with van der Waals surface area (Å²) in [5.41, 5.74) is 3.18. The van der Waals surface area contributed by atoms with Crippen LogP contribution in [0.15, 0.2) is 53.3 Å². The zero-order valence-corrected chi connectivity index (χ0v) is 12.1. The number of para-hydroxylation sites is 1. The lowest BCUT2D eigenvalue weighted by Gasteiger charge is -2.10. The minimum absolute atomic E-state index is 0.446. The van der Waals surface area contributed by atoms with E-state index in [9.17, 15) is 0 Å². The molecule has 0 saturated carbocycles. The van der Waals surface area contributed by atoms with Crippen LogP contribution in [-0.2, 0) is 6.42 Å². The average Bonchev–Trinajstić information content (AvgIpc) is 2.92. The maximum absolute atomic E-state index is 5.32. The van der Waals surface area contributed by atoms with Gasteiger partial charge in [0.15, 0.2) is 5.58 Å². The predicted octanol–water partition coefficient (Wildman–Crippen LogP) is 4.26. The van der Waals surface area contributed by atoms with Crippen LogP contribution in [0.3, 0.4) is 0 Å². The number of thioether (sulfide) groups is 1. The van der Waals surface area contributed by atoms with E-state index in [1.807, 2.05) is 48.4 Å². The summed E-state index contributed by atoms with van der Waals surface area (Å²) in [6, 6.07) is 12.1. The molecule has 3 nitrogen and oxygen atoms in total. The zero-order chi connectivity index (χ0) is 13.8. The van der Waals surface area contributed by atoms with Gasteiger partial charge in [-0.15, -0.1) is 0 Å². The normalized spacial score (nSPS) is 12.7. The fourth-order valence-electron chi connectivity index (χ4n) is 2.16. The summed E-state index contributed by atoms with van der Waals surface area (Å²) in [5.74, 6) is 1.02. The number of fused-ring (bicyclic) bond motifs is 1. The molecule has 20 heavy (non-hydrogen) atoms. The van der Waals surface area contributed by atoms with Crippen molar-refractivity contribution in [1.82, 2.24) is 10.1 Å². The highest BCUT2D eigenvalue weighted by Crippen LogP contribution is 2.28. The standard InChI is InChI=1S/C16H16N2OS/c1-12(13-5-4-9-17-11-13)20-10-8-15-14-6-2-3-7-16(14)19-18-15/h2-7,9,11-12H,8,10H2,1H3. The number of pyridine rings is 1. The number of hydrogen-bond acceptors (Lipinski definition) is 4. The number of benzene rings is 1. The van der Waals surface area contributed by atoms with Crippen molar-refractivity contribution in [2.45, 2.75) is 18.6 Å². The first-order valence-electron chi connectivity index (χ1n) is 6.69. The minimum atomic E-state index is 0.446. The molecule has 0 N–H and O–H groups in total. The molecule has 2 aromatic heterocycles. The molecule has 3 aromatic rings. The SMILES string of the molecule is CC(SCCc1noc2ccccc12)c1cccnc1. The zero-order valence-electron chi connectivity index (χ0n) is 11.3. The maximum atomic E-state index is 5.32. The van der Waals surface area contributed by atoms with Crippen molar-refractivity contribution in [1.29, 1.82) is 0 Å². The van der Waals surface area contributed by atoms with Crippen molar-refractivity contribution in [2.24, 2.45) is 0 Å². The Labute approximate surface area is 122 Å². The topological polar surface area (TPSA) is 38.9 Å². The largest absolute Gasteiger partial charge is 0.356 e. The molecule has 0 aliphatic heterocycles. The molecule has 1 unspecified atom stereocenters. The monoisotopic (exact) mass is 284 g/mol. The second-order valence-corrected chi connectivity index (χ2v) is 6.12. The molecule has 0 spiro atoms. The van der Waals surface area contributed by atoms with Crippen LogP contribution in [0.4, 0.5) is 0 Å². The van der Waals surface area contributed by atoms with Crippen LogP contribution < -0.4 is 0 Å². The Morgan fingerprint density at radius 1 is 1.20 bits per heavy atom. The fourth-order valence-corrected chi connectivity index (χ4v) is 3.16. The Hall–Kier alpha value is -1.81. The molecule has 0 saturated heterocycles. The highest BCUT2D eigenvalue weighted by atomic mass is 32.2. The second-order valence-electron chi connectivity index (χ2n) is 4.67. The van der Waals surface area contributed by atoms with Gasteiger partial charge in [0.25, 0.3) is 0 Å². The number of rotatable bonds is 5. The van der Waals surface area contributed by atoms with Crippen molar-refractivity contribution in [2.75, 3.05) is 5.75 Å². The van der Waals surface area contributed by atoms with Crippen LogP contribution in [0.25, 0.3) is 11.0 Å². The molecular formula is C16H16N2OS. The summed E-state index contributed by atoms with van der Waals surface area (Å²) in [7, 11) is 0. The Bertz CT molecular complexity index is 681. The van der Waals surface area contributed by atoms with E-state index in [1.54, 1.807) is 0 Å². The maximum Gasteiger partial charge on any atom is 0.167 e. The molecule has 0 amide bonds. The summed E-state index contributed by atoms with van der Waals surface area (Å²) in [4.78, 5) is 4.16.